The van der Waals surface area contributed by atoms with E-state index in [-0.39, 0.29) is 6.61 Å². The van der Waals surface area contributed by atoms with Gasteiger partial charge in [0, 0.05) is 20.3 Å². The van der Waals surface area contributed by atoms with Crippen molar-refractivity contribution in [3.8, 4) is 0 Å². The topological polar surface area (TPSA) is 32.3 Å². The van der Waals surface area contributed by atoms with E-state index in [1.807, 2.05) is 18.2 Å². The second-order valence-corrected chi connectivity index (χ2v) is 4.30. The minimum absolute atomic E-state index is 0.156. The second-order valence-electron chi connectivity index (χ2n) is 2.28. The number of benzene rings is 1. The zero-order valence-corrected chi connectivity index (χ0v) is 10.1. The lowest BCUT2D eigenvalue weighted by molar-refractivity contribution is 0.311. The van der Waals surface area contributed by atoms with Crippen LogP contribution in [0.4, 0.5) is 5.69 Å². The maximum Gasteiger partial charge on any atom is 0.0604 e. The first-order valence-corrected chi connectivity index (χ1v) is 5.41. The van der Waals surface area contributed by atoms with Crippen LogP contribution >= 0.6 is 38.5 Å². The Morgan fingerprint density at radius 2 is 2.25 bits per heavy atom. The van der Waals surface area contributed by atoms with Crippen LogP contribution in [0.25, 0.3) is 0 Å². The van der Waals surface area contributed by atoms with Crippen molar-refractivity contribution < 1.29 is 5.11 Å². The highest BCUT2D eigenvalue weighted by Gasteiger charge is 1.96. The number of rotatable bonds is 3. The highest BCUT2D eigenvalue weighted by molar-refractivity contribution is 14.1. The molecule has 0 fully saturated rings. The van der Waals surface area contributed by atoms with Gasteiger partial charge in [0.15, 0.2) is 0 Å². The molecular weight excluding hydrogens is 333 g/mol. The molecule has 0 unspecified atom stereocenters. The Kier molecular flexibility index (Phi) is 4.31. The molecule has 1 aromatic rings. The van der Waals surface area contributed by atoms with Gasteiger partial charge in [0.25, 0.3) is 0 Å². The van der Waals surface area contributed by atoms with E-state index in [0.29, 0.717) is 6.54 Å². The molecule has 12 heavy (non-hydrogen) atoms. The maximum atomic E-state index is 8.58. The van der Waals surface area contributed by atoms with Crippen LogP contribution in [0.5, 0.6) is 0 Å². The molecule has 2 nitrogen and oxygen atoms in total. The molecule has 0 amide bonds. The molecule has 0 aromatic heterocycles. The van der Waals surface area contributed by atoms with Gasteiger partial charge >= 0.3 is 0 Å². The van der Waals surface area contributed by atoms with Gasteiger partial charge in [0.2, 0.25) is 0 Å². The summed E-state index contributed by atoms with van der Waals surface area (Å²) in [6.45, 7) is 0.747. The summed E-state index contributed by atoms with van der Waals surface area (Å²) in [4.78, 5) is 0. The highest BCUT2D eigenvalue weighted by atomic mass is 127. The van der Waals surface area contributed by atoms with Crippen LogP contribution in [-0.4, -0.2) is 18.3 Å². The number of nitrogens with one attached hydrogen (secondary N) is 1. The average Bonchev–Trinajstić information content (AvgIpc) is 2.07. The average molecular weight is 342 g/mol. The number of hydrogen-bond acceptors (Lipinski definition) is 2. The molecule has 66 valence electrons. The lowest BCUT2D eigenvalue weighted by Crippen LogP contribution is -2.05. The van der Waals surface area contributed by atoms with Crippen molar-refractivity contribution in [3.63, 3.8) is 0 Å². The highest BCUT2D eigenvalue weighted by Crippen LogP contribution is 2.22. The molecule has 0 heterocycles. The Morgan fingerprint density at radius 3 is 2.83 bits per heavy atom. The molecule has 0 saturated heterocycles. The Morgan fingerprint density at radius 1 is 1.50 bits per heavy atom. The minimum atomic E-state index is 0.156. The molecular formula is C8H9BrINO. The fourth-order valence-electron chi connectivity index (χ4n) is 0.806. The van der Waals surface area contributed by atoms with E-state index in [0.717, 1.165) is 10.2 Å². The molecule has 0 aliphatic carbocycles. The van der Waals surface area contributed by atoms with Crippen molar-refractivity contribution in [2.45, 2.75) is 0 Å². The summed E-state index contributed by atoms with van der Waals surface area (Å²) in [7, 11) is 0. The van der Waals surface area contributed by atoms with E-state index >= 15 is 0 Å². The van der Waals surface area contributed by atoms with Crippen LogP contribution in [0, 0.1) is 3.57 Å². The van der Waals surface area contributed by atoms with Crippen molar-refractivity contribution in [1.29, 1.82) is 0 Å². The molecule has 1 rings (SSSR count). The van der Waals surface area contributed by atoms with Crippen LogP contribution in [0.1, 0.15) is 0 Å². The maximum absolute atomic E-state index is 8.58. The zero-order valence-electron chi connectivity index (χ0n) is 6.35. The summed E-state index contributed by atoms with van der Waals surface area (Å²) in [6, 6.07) is 6.00. The summed E-state index contributed by atoms with van der Waals surface area (Å²) in [5.74, 6) is 0. The van der Waals surface area contributed by atoms with E-state index in [9.17, 15) is 0 Å². The summed E-state index contributed by atoms with van der Waals surface area (Å²) in [5.41, 5.74) is 1.02. The summed E-state index contributed by atoms with van der Waals surface area (Å²) in [5, 5.41) is 11.7. The van der Waals surface area contributed by atoms with Crippen molar-refractivity contribution >= 4 is 44.2 Å². The van der Waals surface area contributed by atoms with Gasteiger partial charge < -0.3 is 10.4 Å². The molecule has 0 spiro atoms. The molecule has 0 aliphatic rings. The third-order valence-corrected chi connectivity index (χ3v) is 3.70. The van der Waals surface area contributed by atoms with Crippen LogP contribution < -0.4 is 5.32 Å². The Labute approximate surface area is 93.6 Å². The smallest absolute Gasteiger partial charge is 0.0604 e. The predicted molar refractivity (Wildman–Crippen MR) is 62.4 cm³/mol. The molecule has 0 aliphatic heterocycles. The Balaban J connectivity index is 2.69. The van der Waals surface area contributed by atoms with Gasteiger partial charge in [-0.05, 0) is 56.7 Å². The van der Waals surface area contributed by atoms with E-state index < -0.39 is 0 Å². The first kappa shape index (κ1) is 10.3. The number of aliphatic hydroxyl groups is 1. The van der Waals surface area contributed by atoms with Crippen LogP contribution in [-0.2, 0) is 0 Å². The fourth-order valence-corrected chi connectivity index (χ4v) is 1.52. The third-order valence-electron chi connectivity index (χ3n) is 1.36. The summed E-state index contributed by atoms with van der Waals surface area (Å²) in [6.07, 6.45) is 0. The largest absolute Gasteiger partial charge is 0.395 e. The normalized spacial score (nSPS) is 9.92. The van der Waals surface area contributed by atoms with Crippen LogP contribution in [0.3, 0.4) is 0 Å². The monoisotopic (exact) mass is 341 g/mol. The molecule has 1 aromatic carbocycles. The van der Waals surface area contributed by atoms with Crippen LogP contribution in [0.2, 0.25) is 0 Å². The SMILES string of the molecule is OCCNc1ccc(I)c(Br)c1. The van der Waals surface area contributed by atoms with Crippen molar-refractivity contribution in [1.82, 2.24) is 0 Å². The first-order chi connectivity index (χ1) is 5.74. The zero-order chi connectivity index (χ0) is 8.97. The second kappa shape index (κ2) is 5.04. The third kappa shape index (κ3) is 2.91. The van der Waals surface area contributed by atoms with Crippen molar-refractivity contribution in [2.24, 2.45) is 0 Å². The molecule has 0 saturated carbocycles. The first-order valence-electron chi connectivity index (χ1n) is 3.54. The van der Waals surface area contributed by atoms with Gasteiger partial charge in [0.1, 0.15) is 0 Å². The van der Waals surface area contributed by atoms with E-state index in [2.05, 4.69) is 43.8 Å². The van der Waals surface area contributed by atoms with Gasteiger partial charge in [0.05, 0.1) is 6.61 Å². The molecule has 4 heteroatoms. The number of halogens is 2. The number of hydrogen-bond donors (Lipinski definition) is 2. The van der Waals surface area contributed by atoms with Crippen molar-refractivity contribution in [3.05, 3.63) is 26.2 Å². The van der Waals surface area contributed by atoms with Gasteiger partial charge in [-0.3, -0.25) is 0 Å². The van der Waals surface area contributed by atoms with E-state index in [1.54, 1.807) is 0 Å². The summed E-state index contributed by atoms with van der Waals surface area (Å²) < 4.78 is 2.26. The van der Waals surface area contributed by atoms with Crippen molar-refractivity contribution in [2.75, 3.05) is 18.5 Å². The number of aliphatic hydroxyl groups excluding tert-OH is 1. The van der Waals surface area contributed by atoms with Gasteiger partial charge in [-0.25, -0.2) is 0 Å². The molecule has 0 radical (unpaired) electrons. The molecule has 2 N–H and O–H groups in total. The summed E-state index contributed by atoms with van der Waals surface area (Å²) >= 11 is 5.68. The van der Waals surface area contributed by atoms with Crippen LogP contribution in [0.15, 0.2) is 22.7 Å². The minimum Gasteiger partial charge on any atom is -0.395 e. The number of anilines is 1. The Bertz CT molecular complexity index is 267. The lowest BCUT2D eigenvalue weighted by Gasteiger charge is -2.04. The van der Waals surface area contributed by atoms with Gasteiger partial charge in [-0.15, -0.1) is 0 Å². The molecule has 0 bridgehead atoms. The fraction of sp³-hybridized carbons (Fsp3) is 0.250. The van der Waals surface area contributed by atoms with E-state index in [1.165, 1.54) is 3.57 Å². The van der Waals surface area contributed by atoms with Gasteiger partial charge in [-0.2, -0.15) is 0 Å². The Hall–Kier alpha value is 0.190. The standard InChI is InChI=1S/C8H9BrINO/c9-7-5-6(11-3-4-12)1-2-8(7)10/h1-2,5,11-12H,3-4H2. The van der Waals surface area contributed by atoms with Gasteiger partial charge in [-0.1, -0.05) is 0 Å². The predicted octanol–water partition coefficient (Wildman–Crippen LogP) is 2.46. The lowest BCUT2D eigenvalue weighted by atomic mass is 10.3. The molecule has 0 atom stereocenters. The van der Waals surface area contributed by atoms with E-state index in [4.69, 9.17) is 5.11 Å². The quantitative estimate of drug-likeness (QED) is 0.828.